The molecule has 4 atom stereocenters. The van der Waals surface area contributed by atoms with Crippen LogP contribution in [0.1, 0.15) is 22.3 Å². The number of anilines is 1. The summed E-state index contributed by atoms with van der Waals surface area (Å²) in [6.07, 6.45) is -3.29. The normalized spacial score (nSPS) is 24.7. The van der Waals surface area contributed by atoms with Gasteiger partial charge in [0.15, 0.2) is 0 Å². The van der Waals surface area contributed by atoms with Crippen molar-refractivity contribution in [3.05, 3.63) is 59.7 Å². The number of methoxy groups -OCH3 is 1. The van der Waals surface area contributed by atoms with Crippen molar-refractivity contribution in [2.75, 3.05) is 25.1 Å². The Morgan fingerprint density at radius 3 is 2.55 bits per heavy atom. The molecule has 3 N–H and O–H groups in total. The van der Waals surface area contributed by atoms with Gasteiger partial charge in [-0.3, -0.25) is 9.59 Å². The number of benzene rings is 2. The Balaban J connectivity index is 1.32. The number of hydrogen-bond donors (Lipinski definition) is 3. The minimum absolute atomic E-state index is 0.0142. The fraction of sp³-hybridized carbons (Fsp3) is 0.391. The number of aliphatic hydroxyl groups is 2. The summed E-state index contributed by atoms with van der Waals surface area (Å²) in [6, 6.07) is 14.3. The van der Waals surface area contributed by atoms with E-state index in [9.17, 15) is 19.8 Å². The molecule has 0 spiro atoms. The fourth-order valence-electron chi connectivity index (χ4n) is 4.08. The van der Waals surface area contributed by atoms with Gasteiger partial charge in [0.1, 0.15) is 24.1 Å². The molecule has 0 unspecified atom stereocenters. The SMILES string of the molecule is COc1ccc(C(=O)NC[C@H]2O[C@@H](CC(=O)N3CCc4ccccc43)[C@H](O)[C@@H]2O)cc1. The molecule has 0 radical (unpaired) electrons. The topological polar surface area (TPSA) is 108 Å². The lowest BCUT2D eigenvalue weighted by molar-refractivity contribution is -0.122. The summed E-state index contributed by atoms with van der Waals surface area (Å²) in [4.78, 5) is 26.8. The summed E-state index contributed by atoms with van der Waals surface area (Å²) in [6.45, 7) is 0.602. The number of para-hydroxylation sites is 1. The van der Waals surface area contributed by atoms with Crippen molar-refractivity contribution in [1.82, 2.24) is 5.32 Å². The Morgan fingerprint density at radius 2 is 1.81 bits per heavy atom. The molecular formula is C23H26N2O6. The van der Waals surface area contributed by atoms with Crippen molar-refractivity contribution in [3.63, 3.8) is 0 Å². The number of ether oxygens (including phenoxy) is 2. The number of nitrogens with one attached hydrogen (secondary N) is 1. The van der Waals surface area contributed by atoms with E-state index in [-0.39, 0.29) is 24.8 Å². The molecule has 8 nitrogen and oxygen atoms in total. The van der Waals surface area contributed by atoms with Crippen LogP contribution in [-0.4, -0.2) is 66.6 Å². The summed E-state index contributed by atoms with van der Waals surface area (Å²) in [5, 5.41) is 23.4. The summed E-state index contributed by atoms with van der Waals surface area (Å²) >= 11 is 0. The molecule has 0 saturated carbocycles. The first-order valence-corrected chi connectivity index (χ1v) is 10.3. The maximum atomic E-state index is 12.8. The Hall–Kier alpha value is -2.94. The molecule has 1 fully saturated rings. The van der Waals surface area contributed by atoms with Crippen LogP contribution in [-0.2, 0) is 16.0 Å². The summed E-state index contributed by atoms with van der Waals surface area (Å²) in [7, 11) is 1.54. The van der Waals surface area contributed by atoms with Gasteiger partial charge in [0.2, 0.25) is 5.91 Å². The number of hydrogen-bond acceptors (Lipinski definition) is 6. The van der Waals surface area contributed by atoms with Gasteiger partial charge in [0.25, 0.3) is 5.91 Å². The van der Waals surface area contributed by atoms with E-state index < -0.39 is 24.4 Å². The summed E-state index contributed by atoms with van der Waals surface area (Å²) in [5.41, 5.74) is 2.43. The zero-order valence-corrected chi connectivity index (χ0v) is 17.2. The second-order valence-electron chi connectivity index (χ2n) is 7.76. The Kier molecular flexibility index (Phi) is 6.22. The minimum Gasteiger partial charge on any atom is -0.497 e. The van der Waals surface area contributed by atoms with Gasteiger partial charge in [-0.2, -0.15) is 0 Å². The molecule has 31 heavy (non-hydrogen) atoms. The van der Waals surface area contributed by atoms with Crippen LogP contribution in [0.4, 0.5) is 5.69 Å². The molecule has 0 aromatic heterocycles. The van der Waals surface area contributed by atoms with Gasteiger partial charge in [-0.15, -0.1) is 0 Å². The lowest BCUT2D eigenvalue weighted by Crippen LogP contribution is -2.40. The third kappa shape index (κ3) is 4.41. The lowest BCUT2D eigenvalue weighted by atomic mass is 10.0. The smallest absolute Gasteiger partial charge is 0.251 e. The van der Waals surface area contributed by atoms with E-state index in [2.05, 4.69) is 5.32 Å². The number of aliphatic hydroxyl groups excluding tert-OH is 2. The molecule has 2 aromatic rings. The van der Waals surface area contributed by atoms with Gasteiger partial charge in [-0.1, -0.05) is 18.2 Å². The molecule has 2 amide bonds. The highest BCUT2D eigenvalue weighted by atomic mass is 16.5. The first kappa shape index (κ1) is 21.3. The molecular weight excluding hydrogens is 400 g/mol. The Labute approximate surface area is 180 Å². The van der Waals surface area contributed by atoms with Crippen LogP contribution in [0, 0.1) is 0 Å². The number of nitrogens with zero attached hydrogens (tertiary/aromatic N) is 1. The van der Waals surface area contributed by atoms with Crippen LogP contribution in [0.5, 0.6) is 5.75 Å². The van der Waals surface area contributed by atoms with Gasteiger partial charge >= 0.3 is 0 Å². The number of rotatable bonds is 6. The van der Waals surface area contributed by atoms with Crippen LogP contribution in [0.2, 0.25) is 0 Å². The van der Waals surface area contributed by atoms with Crippen molar-refractivity contribution >= 4 is 17.5 Å². The monoisotopic (exact) mass is 426 g/mol. The van der Waals surface area contributed by atoms with Crippen molar-refractivity contribution in [3.8, 4) is 5.75 Å². The second-order valence-corrected chi connectivity index (χ2v) is 7.76. The maximum absolute atomic E-state index is 12.8. The highest BCUT2D eigenvalue weighted by Crippen LogP contribution is 2.30. The van der Waals surface area contributed by atoms with Gasteiger partial charge in [-0.05, 0) is 42.3 Å². The third-order valence-corrected chi connectivity index (χ3v) is 5.84. The average molecular weight is 426 g/mol. The molecule has 0 bridgehead atoms. The summed E-state index contributed by atoms with van der Waals surface area (Å²) in [5.74, 6) is 0.146. The third-order valence-electron chi connectivity index (χ3n) is 5.84. The van der Waals surface area contributed by atoms with E-state index in [0.717, 1.165) is 17.7 Å². The Morgan fingerprint density at radius 1 is 1.10 bits per heavy atom. The number of fused-ring (bicyclic) bond motifs is 1. The van der Waals surface area contributed by atoms with Crippen molar-refractivity contribution < 1.29 is 29.3 Å². The molecule has 164 valence electrons. The molecule has 4 rings (SSSR count). The molecule has 8 heteroatoms. The Bertz CT molecular complexity index is 947. The van der Waals surface area contributed by atoms with Crippen molar-refractivity contribution in [2.24, 2.45) is 0 Å². The van der Waals surface area contributed by atoms with Gasteiger partial charge in [0, 0.05) is 24.3 Å². The second kappa shape index (κ2) is 9.05. The molecule has 2 heterocycles. The van der Waals surface area contributed by atoms with Crippen molar-refractivity contribution in [1.29, 1.82) is 0 Å². The van der Waals surface area contributed by atoms with Crippen LogP contribution >= 0.6 is 0 Å². The molecule has 2 aliphatic rings. The van der Waals surface area contributed by atoms with Crippen LogP contribution in [0.25, 0.3) is 0 Å². The van der Waals surface area contributed by atoms with E-state index in [0.29, 0.717) is 17.9 Å². The van der Waals surface area contributed by atoms with E-state index in [1.54, 1.807) is 36.3 Å². The quantitative estimate of drug-likeness (QED) is 0.633. The largest absolute Gasteiger partial charge is 0.497 e. The lowest BCUT2D eigenvalue weighted by Gasteiger charge is -2.21. The van der Waals surface area contributed by atoms with Gasteiger partial charge in [-0.25, -0.2) is 0 Å². The van der Waals surface area contributed by atoms with Crippen LogP contribution in [0.15, 0.2) is 48.5 Å². The summed E-state index contributed by atoms with van der Waals surface area (Å²) < 4.78 is 10.8. The highest BCUT2D eigenvalue weighted by molar-refractivity contribution is 5.96. The van der Waals surface area contributed by atoms with E-state index >= 15 is 0 Å². The fourth-order valence-corrected chi connectivity index (χ4v) is 4.08. The standard InChI is InChI=1S/C23H26N2O6/c1-30-16-8-6-15(7-9-16)23(29)24-13-19-22(28)21(27)18(31-19)12-20(26)25-11-10-14-4-2-3-5-17(14)25/h2-9,18-19,21-22,27-28H,10-13H2,1H3,(H,24,29)/t18-,19+,21-,22+/m0/s1. The molecule has 1 saturated heterocycles. The van der Waals surface area contributed by atoms with E-state index in [1.807, 2.05) is 24.3 Å². The van der Waals surface area contributed by atoms with Crippen LogP contribution in [0.3, 0.4) is 0 Å². The predicted molar refractivity (Wildman–Crippen MR) is 113 cm³/mol. The van der Waals surface area contributed by atoms with Crippen LogP contribution < -0.4 is 15.0 Å². The number of carbonyl (C=O) groups is 2. The predicted octanol–water partition coefficient (Wildman–Crippen LogP) is 0.894. The molecule has 2 aromatic carbocycles. The van der Waals surface area contributed by atoms with Gasteiger partial charge < -0.3 is 29.9 Å². The highest BCUT2D eigenvalue weighted by Gasteiger charge is 2.44. The van der Waals surface area contributed by atoms with E-state index in [4.69, 9.17) is 9.47 Å². The first-order chi connectivity index (χ1) is 15.0. The number of carbonyl (C=O) groups excluding carboxylic acids is 2. The van der Waals surface area contributed by atoms with E-state index in [1.165, 1.54) is 0 Å². The zero-order valence-electron chi connectivity index (χ0n) is 17.2. The zero-order chi connectivity index (χ0) is 22.0. The maximum Gasteiger partial charge on any atom is 0.251 e. The van der Waals surface area contributed by atoms with Crippen molar-refractivity contribution in [2.45, 2.75) is 37.3 Å². The number of amides is 2. The van der Waals surface area contributed by atoms with Gasteiger partial charge in [0.05, 0.1) is 19.6 Å². The molecule has 2 aliphatic heterocycles. The molecule has 0 aliphatic carbocycles. The minimum atomic E-state index is -1.20. The first-order valence-electron chi connectivity index (χ1n) is 10.3. The average Bonchev–Trinajstić information content (AvgIpc) is 3.34.